The monoisotopic (exact) mass is 520 g/mol. The number of hydrogen-bond donors (Lipinski definition) is 2. The SMILES string of the molecule is [2H][C@@](Nc1cc(Cl)c2ncc(C#N)c(NC[Si](C)(C)C)c2c1)(c1ccc(F)cc1)c1cn(C2CC2)nn1. The Morgan fingerprint density at radius 3 is 2.69 bits per heavy atom. The molecule has 1 aliphatic rings. The Labute approximate surface area is 216 Å². The minimum absolute atomic E-state index is 0.296. The molecule has 1 aliphatic carbocycles. The van der Waals surface area contributed by atoms with E-state index in [9.17, 15) is 11.0 Å². The van der Waals surface area contributed by atoms with Gasteiger partial charge in [0, 0.05) is 23.4 Å². The van der Waals surface area contributed by atoms with Crippen LogP contribution in [0.4, 0.5) is 15.8 Å². The van der Waals surface area contributed by atoms with Crippen molar-refractivity contribution in [3.63, 3.8) is 0 Å². The number of benzene rings is 2. The summed E-state index contributed by atoms with van der Waals surface area (Å²) in [6.45, 7) is 6.71. The molecular formula is C26H27ClFN7Si. The first kappa shape index (κ1) is 22.9. The molecule has 5 rings (SSSR count). The molecule has 2 heterocycles. The van der Waals surface area contributed by atoms with Crippen LogP contribution in [0.15, 0.2) is 48.8 Å². The lowest BCUT2D eigenvalue weighted by Gasteiger charge is -2.21. The number of anilines is 2. The minimum Gasteiger partial charge on any atom is -0.386 e. The Kier molecular flexibility index (Phi) is 6.07. The first-order valence-corrected chi connectivity index (χ1v) is 15.9. The predicted molar refractivity (Wildman–Crippen MR) is 143 cm³/mol. The highest BCUT2D eigenvalue weighted by Gasteiger charge is 2.27. The summed E-state index contributed by atoms with van der Waals surface area (Å²) in [4.78, 5) is 4.42. The molecule has 184 valence electrons. The Morgan fingerprint density at radius 1 is 1.28 bits per heavy atom. The van der Waals surface area contributed by atoms with Crippen LogP contribution in [0, 0.1) is 17.1 Å². The van der Waals surface area contributed by atoms with Gasteiger partial charge in [0.2, 0.25) is 0 Å². The van der Waals surface area contributed by atoms with Crippen molar-refractivity contribution in [1.29, 1.82) is 5.26 Å². The molecule has 0 unspecified atom stereocenters. The lowest BCUT2D eigenvalue weighted by atomic mass is 10.0. The number of aromatic nitrogens is 4. The van der Waals surface area contributed by atoms with Crippen LogP contribution in [0.5, 0.6) is 0 Å². The van der Waals surface area contributed by atoms with Gasteiger partial charge in [0.05, 0.1) is 49.5 Å². The van der Waals surface area contributed by atoms with Crippen molar-refractivity contribution in [2.75, 3.05) is 16.8 Å². The molecule has 2 aromatic carbocycles. The van der Waals surface area contributed by atoms with Crippen LogP contribution < -0.4 is 10.6 Å². The molecule has 0 amide bonds. The Morgan fingerprint density at radius 2 is 2.03 bits per heavy atom. The summed E-state index contributed by atoms with van der Waals surface area (Å²) in [6.07, 6.45) is 6.11. The van der Waals surface area contributed by atoms with Gasteiger partial charge in [0.25, 0.3) is 0 Å². The number of nitrogens with one attached hydrogen (secondary N) is 2. The fraction of sp³-hybridized carbons (Fsp3) is 0.308. The zero-order valence-electron chi connectivity index (χ0n) is 21.3. The number of nitriles is 1. The Hall–Kier alpha value is -3.48. The van der Waals surface area contributed by atoms with Crippen molar-refractivity contribution in [2.45, 2.75) is 44.5 Å². The molecule has 2 N–H and O–H groups in total. The van der Waals surface area contributed by atoms with Gasteiger partial charge >= 0.3 is 0 Å². The van der Waals surface area contributed by atoms with Gasteiger partial charge in [-0.05, 0) is 42.7 Å². The molecule has 0 radical (unpaired) electrons. The van der Waals surface area contributed by atoms with Crippen molar-refractivity contribution in [3.05, 3.63) is 76.5 Å². The van der Waals surface area contributed by atoms with E-state index in [1.165, 1.54) is 18.3 Å². The molecule has 2 aromatic heterocycles. The molecule has 7 nitrogen and oxygen atoms in total. The van der Waals surface area contributed by atoms with Crippen LogP contribution in [-0.2, 0) is 0 Å². The highest BCUT2D eigenvalue weighted by atomic mass is 35.5. The summed E-state index contributed by atoms with van der Waals surface area (Å²) in [6, 6.07) is 10.2. The molecule has 1 fully saturated rings. The highest BCUT2D eigenvalue weighted by molar-refractivity contribution is 6.76. The number of fused-ring (bicyclic) bond motifs is 1. The fourth-order valence-electron chi connectivity index (χ4n) is 3.91. The molecule has 0 aliphatic heterocycles. The van der Waals surface area contributed by atoms with Gasteiger partial charge < -0.3 is 10.6 Å². The number of rotatable bonds is 8. The number of nitrogens with zero attached hydrogens (tertiary/aromatic N) is 5. The van der Waals surface area contributed by atoms with Crippen molar-refractivity contribution < 1.29 is 5.76 Å². The molecule has 1 atom stereocenters. The lowest BCUT2D eigenvalue weighted by Crippen LogP contribution is -2.31. The quantitative estimate of drug-likeness (QED) is 0.264. The van der Waals surface area contributed by atoms with Crippen LogP contribution in [0.1, 0.15) is 43.1 Å². The third kappa shape index (κ3) is 5.20. The van der Waals surface area contributed by atoms with Crippen molar-refractivity contribution >= 4 is 42.0 Å². The maximum Gasteiger partial charge on any atom is 0.123 e. The first-order chi connectivity index (χ1) is 17.6. The summed E-state index contributed by atoms with van der Waals surface area (Å²) < 4.78 is 25.0. The topological polar surface area (TPSA) is 91.5 Å². The van der Waals surface area contributed by atoms with E-state index in [1.54, 1.807) is 29.1 Å². The largest absolute Gasteiger partial charge is 0.386 e. The molecule has 10 heteroatoms. The van der Waals surface area contributed by atoms with Gasteiger partial charge in [-0.2, -0.15) is 5.26 Å². The van der Waals surface area contributed by atoms with Crippen molar-refractivity contribution in [1.82, 2.24) is 20.0 Å². The molecule has 0 bridgehead atoms. The van der Waals surface area contributed by atoms with Gasteiger partial charge in [-0.1, -0.05) is 48.6 Å². The van der Waals surface area contributed by atoms with E-state index < -0.39 is 19.9 Å². The zero-order chi connectivity index (χ0) is 26.4. The van der Waals surface area contributed by atoms with E-state index >= 15 is 0 Å². The smallest absolute Gasteiger partial charge is 0.123 e. The average molecular weight is 521 g/mol. The first-order valence-electron chi connectivity index (χ1n) is 12.3. The molecule has 36 heavy (non-hydrogen) atoms. The van der Waals surface area contributed by atoms with Gasteiger partial charge in [0.15, 0.2) is 0 Å². The maximum atomic E-state index is 13.8. The molecule has 1 saturated carbocycles. The van der Waals surface area contributed by atoms with Crippen LogP contribution in [-0.4, -0.2) is 34.2 Å². The zero-order valence-corrected chi connectivity index (χ0v) is 22.1. The van der Waals surface area contributed by atoms with E-state index in [0.717, 1.165) is 19.0 Å². The second-order valence-corrected chi connectivity index (χ2v) is 16.1. The van der Waals surface area contributed by atoms with Gasteiger partial charge in [-0.3, -0.25) is 4.98 Å². The summed E-state index contributed by atoms with van der Waals surface area (Å²) in [5, 5.41) is 26.1. The van der Waals surface area contributed by atoms with Crippen molar-refractivity contribution in [2.24, 2.45) is 0 Å². The summed E-state index contributed by atoms with van der Waals surface area (Å²) in [5.41, 5.74) is 3.05. The van der Waals surface area contributed by atoms with Crippen LogP contribution in [0.3, 0.4) is 0 Å². The average Bonchev–Trinajstić information content (AvgIpc) is 3.58. The Bertz CT molecular complexity index is 1510. The summed E-state index contributed by atoms with van der Waals surface area (Å²) in [5.74, 6) is -0.394. The molecular weight excluding hydrogens is 493 g/mol. The van der Waals surface area contributed by atoms with Gasteiger partial charge in [-0.15, -0.1) is 5.10 Å². The maximum absolute atomic E-state index is 13.8. The molecule has 0 spiro atoms. The van der Waals surface area contributed by atoms with E-state index in [0.29, 0.717) is 50.2 Å². The van der Waals surface area contributed by atoms with E-state index in [-0.39, 0.29) is 0 Å². The minimum atomic E-state index is -1.58. The summed E-state index contributed by atoms with van der Waals surface area (Å²) in [7, 11) is -1.49. The predicted octanol–water partition coefficient (Wildman–Crippen LogP) is 6.32. The normalized spacial score (nSPS) is 15.7. The van der Waals surface area contributed by atoms with Gasteiger partial charge in [-0.25, -0.2) is 9.07 Å². The van der Waals surface area contributed by atoms with Crippen molar-refractivity contribution in [3.8, 4) is 6.07 Å². The molecule has 4 aromatic rings. The second-order valence-electron chi connectivity index (χ2n) is 10.2. The fourth-order valence-corrected chi connectivity index (χ4v) is 4.89. The van der Waals surface area contributed by atoms with Crippen LogP contribution in [0.2, 0.25) is 24.7 Å². The van der Waals surface area contributed by atoms with Crippen LogP contribution in [0.25, 0.3) is 10.9 Å². The number of hydrogen-bond acceptors (Lipinski definition) is 6. The van der Waals surface area contributed by atoms with E-state index in [4.69, 9.17) is 11.6 Å². The highest BCUT2D eigenvalue weighted by Crippen LogP contribution is 2.37. The number of halogens is 2. The second kappa shape index (κ2) is 9.52. The Balaban J connectivity index is 1.62. The third-order valence-electron chi connectivity index (χ3n) is 5.93. The third-order valence-corrected chi connectivity index (χ3v) is 7.46. The lowest BCUT2D eigenvalue weighted by molar-refractivity contribution is 0.610. The standard InChI is InChI=1S/C26H27ClFN7Si/c1-36(2,3)15-31-24-17(12-29)13-30-26-21(24)10-19(11-22(26)27)32-25(16-4-6-18(28)7-5-16)23-14-35(34-33-23)20-8-9-20/h4-7,10-11,13-14,20,25,32H,8-9,15H2,1-3H3,(H,30,31)/t25-/m1/s1/i25D. The van der Waals surface area contributed by atoms with Crippen LogP contribution >= 0.6 is 11.6 Å². The van der Waals surface area contributed by atoms with E-state index in [1.807, 2.05) is 6.07 Å². The van der Waals surface area contributed by atoms with Gasteiger partial charge in [0.1, 0.15) is 17.6 Å². The van der Waals surface area contributed by atoms with E-state index in [2.05, 4.69) is 51.6 Å². The summed E-state index contributed by atoms with van der Waals surface area (Å²) >= 11 is 6.67. The number of pyridine rings is 1. The molecule has 0 saturated heterocycles.